The lowest BCUT2D eigenvalue weighted by atomic mass is 10.0. The molecule has 0 bridgehead atoms. The molecule has 4 heteroatoms. The maximum absolute atomic E-state index is 4.63. The maximum Gasteiger partial charge on any atom is 0.0961 e. The van der Waals surface area contributed by atoms with Gasteiger partial charge in [0.1, 0.15) is 0 Å². The highest BCUT2D eigenvalue weighted by atomic mass is 15.2. The fourth-order valence-corrected chi connectivity index (χ4v) is 4.30. The SMILES string of the molecule is Cc1ccc(C)c(Cn2cnc3ccc(-c4ccc(N5CCNCC5)cc4)cc32)c1. The molecule has 0 spiro atoms. The Morgan fingerprint density at radius 3 is 2.43 bits per heavy atom. The van der Waals surface area contributed by atoms with Crippen molar-refractivity contribution in [1.29, 1.82) is 0 Å². The lowest BCUT2D eigenvalue weighted by Crippen LogP contribution is -2.43. The first-order chi connectivity index (χ1) is 14.7. The Morgan fingerprint density at radius 2 is 1.63 bits per heavy atom. The summed E-state index contributed by atoms with van der Waals surface area (Å²) in [6, 6.07) is 22.2. The highest BCUT2D eigenvalue weighted by Crippen LogP contribution is 2.27. The van der Waals surface area contributed by atoms with Crippen LogP contribution in [0.4, 0.5) is 5.69 Å². The highest BCUT2D eigenvalue weighted by Gasteiger charge is 2.11. The summed E-state index contributed by atoms with van der Waals surface area (Å²) in [7, 11) is 0. The number of nitrogens with one attached hydrogen (secondary N) is 1. The van der Waals surface area contributed by atoms with E-state index < -0.39 is 0 Å². The third-order valence-electron chi connectivity index (χ3n) is 6.15. The van der Waals surface area contributed by atoms with E-state index in [1.807, 2.05) is 6.33 Å². The molecule has 5 rings (SSSR count). The van der Waals surface area contributed by atoms with E-state index in [0.29, 0.717) is 0 Å². The van der Waals surface area contributed by atoms with Crippen LogP contribution in [0.2, 0.25) is 0 Å². The molecule has 152 valence electrons. The number of rotatable bonds is 4. The van der Waals surface area contributed by atoms with Crippen LogP contribution in [0.15, 0.2) is 67.0 Å². The van der Waals surface area contributed by atoms with Crippen LogP contribution in [-0.2, 0) is 6.54 Å². The van der Waals surface area contributed by atoms with Crippen molar-refractivity contribution in [2.24, 2.45) is 0 Å². The molecule has 1 aliphatic rings. The molecule has 1 N–H and O–H groups in total. The molecule has 4 nitrogen and oxygen atoms in total. The lowest BCUT2D eigenvalue weighted by Gasteiger charge is -2.29. The summed E-state index contributed by atoms with van der Waals surface area (Å²) in [5, 5.41) is 3.42. The first-order valence-corrected chi connectivity index (χ1v) is 10.7. The summed E-state index contributed by atoms with van der Waals surface area (Å²) in [6.07, 6.45) is 1.96. The van der Waals surface area contributed by atoms with Crippen LogP contribution in [0.25, 0.3) is 22.2 Å². The van der Waals surface area contributed by atoms with Gasteiger partial charge in [-0.3, -0.25) is 0 Å². The number of anilines is 1. The van der Waals surface area contributed by atoms with Crippen LogP contribution in [-0.4, -0.2) is 35.7 Å². The Balaban J connectivity index is 1.44. The molecule has 0 saturated carbocycles. The molecule has 4 aromatic rings. The first kappa shape index (κ1) is 18.9. The molecule has 30 heavy (non-hydrogen) atoms. The van der Waals surface area contributed by atoms with Gasteiger partial charge in [0.2, 0.25) is 0 Å². The molecule has 3 aromatic carbocycles. The van der Waals surface area contributed by atoms with E-state index in [-0.39, 0.29) is 0 Å². The molecule has 0 amide bonds. The largest absolute Gasteiger partial charge is 0.369 e. The van der Waals surface area contributed by atoms with Gasteiger partial charge in [0, 0.05) is 38.4 Å². The number of benzene rings is 3. The second-order valence-electron chi connectivity index (χ2n) is 8.29. The quantitative estimate of drug-likeness (QED) is 0.539. The van der Waals surface area contributed by atoms with Gasteiger partial charge in [-0.15, -0.1) is 0 Å². The smallest absolute Gasteiger partial charge is 0.0961 e. The number of imidazole rings is 1. The van der Waals surface area contributed by atoms with Gasteiger partial charge in [-0.2, -0.15) is 0 Å². The van der Waals surface area contributed by atoms with E-state index in [1.54, 1.807) is 0 Å². The summed E-state index contributed by atoms with van der Waals surface area (Å²) in [4.78, 5) is 7.07. The van der Waals surface area contributed by atoms with Gasteiger partial charge in [-0.1, -0.05) is 42.0 Å². The Kier molecular flexibility index (Phi) is 5.01. The fraction of sp³-hybridized carbons (Fsp3) is 0.269. The minimum atomic E-state index is 0.843. The second-order valence-corrected chi connectivity index (χ2v) is 8.29. The normalized spacial score (nSPS) is 14.4. The van der Waals surface area contributed by atoms with Crippen LogP contribution in [0, 0.1) is 13.8 Å². The summed E-state index contributed by atoms with van der Waals surface area (Å²) in [5.74, 6) is 0. The Hall–Kier alpha value is -3.11. The number of hydrogen-bond acceptors (Lipinski definition) is 3. The zero-order chi connectivity index (χ0) is 20.5. The molecule has 0 radical (unpaired) electrons. The van der Waals surface area contributed by atoms with Gasteiger partial charge in [-0.25, -0.2) is 4.98 Å². The van der Waals surface area contributed by atoms with E-state index in [0.717, 1.165) is 38.2 Å². The third kappa shape index (κ3) is 3.71. The van der Waals surface area contributed by atoms with Gasteiger partial charge < -0.3 is 14.8 Å². The van der Waals surface area contributed by atoms with E-state index in [2.05, 4.69) is 94.3 Å². The predicted octanol–water partition coefficient (Wildman–Crippen LogP) is 4.78. The summed E-state index contributed by atoms with van der Waals surface area (Å²) in [5.41, 5.74) is 9.97. The molecule has 1 saturated heterocycles. The molecule has 0 unspecified atom stereocenters. The topological polar surface area (TPSA) is 33.1 Å². The predicted molar refractivity (Wildman–Crippen MR) is 125 cm³/mol. The first-order valence-electron chi connectivity index (χ1n) is 10.7. The highest BCUT2D eigenvalue weighted by molar-refractivity contribution is 5.82. The van der Waals surface area contributed by atoms with E-state index in [1.165, 1.54) is 39.0 Å². The van der Waals surface area contributed by atoms with Gasteiger partial charge >= 0.3 is 0 Å². The Bertz CT molecular complexity index is 1170. The van der Waals surface area contributed by atoms with Crippen LogP contribution in [0.1, 0.15) is 16.7 Å². The summed E-state index contributed by atoms with van der Waals surface area (Å²) >= 11 is 0. The van der Waals surface area contributed by atoms with E-state index >= 15 is 0 Å². The van der Waals surface area contributed by atoms with Crippen molar-refractivity contribution in [3.05, 3.63) is 83.7 Å². The van der Waals surface area contributed by atoms with E-state index in [4.69, 9.17) is 0 Å². The molecule has 1 aromatic heterocycles. The average molecular weight is 397 g/mol. The van der Waals surface area contributed by atoms with Crippen molar-refractivity contribution in [3.8, 4) is 11.1 Å². The van der Waals surface area contributed by atoms with Crippen molar-refractivity contribution >= 4 is 16.7 Å². The fourth-order valence-electron chi connectivity index (χ4n) is 4.30. The summed E-state index contributed by atoms with van der Waals surface area (Å²) < 4.78 is 2.26. The van der Waals surface area contributed by atoms with Gasteiger partial charge in [-0.05, 0) is 60.4 Å². The molecule has 2 heterocycles. The van der Waals surface area contributed by atoms with Crippen LogP contribution in [0.5, 0.6) is 0 Å². The molecular formula is C26H28N4. The van der Waals surface area contributed by atoms with Crippen molar-refractivity contribution in [2.45, 2.75) is 20.4 Å². The number of hydrogen-bond donors (Lipinski definition) is 1. The molecule has 0 aliphatic carbocycles. The zero-order valence-electron chi connectivity index (χ0n) is 17.7. The number of fused-ring (bicyclic) bond motifs is 1. The Labute approximate surface area is 178 Å². The second kappa shape index (κ2) is 7.96. The molecule has 0 atom stereocenters. The number of aromatic nitrogens is 2. The molecule has 1 fully saturated rings. The van der Waals surface area contributed by atoms with Crippen LogP contribution < -0.4 is 10.2 Å². The van der Waals surface area contributed by atoms with Crippen molar-refractivity contribution in [2.75, 3.05) is 31.1 Å². The standard InChI is InChI=1S/C26H28N4/c1-19-3-4-20(2)23(15-19)17-30-18-28-25-10-7-22(16-26(25)30)21-5-8-24(9-6-21)29-13-11-27-12-14-29/h3-10,15-16,18,27H,11-14,17H2,1-2H3. The zero-order valence-corrected chi connectivity index (χ0v) is 17.7. The minimum absolute atomic E-state index is 0.843. The van der Waals surface area contributed by atoms with Crippen molar-refractivity contribution in [3.63, 3.8) is 0 Å². The average Bonchev–Trinajstić information content (AvgIpc) is 3.19. The monoisotopic (exact) mass is 396 g/mol. The van der Waals surface area contributed by atoms with E-state index in [9.17, 15) is 0 Å². The number of aryl methyl sites for hydroxylation is 2. The molecular weight excluding hydrogens is 368 g/mol. The van der Waals surface area contributed by atoms with Crippen LogP contribution >= 0.6 is 0 Å². The van der Waals surface area contributed by atoms with Crippen molar-refractivity contribution < 1.29 is 0 Å². The van der Waals surface area contributed by atoms with Crippen LogP contribution in [0.3, 0.4) is 0 Å². The van der Waals surface area contributed by atoms with Crippen molar-refractivity contribution in [1.82, 2.24) is 14.9 Å². The Morgan fingerprint density at radius 1 is 0.867 bits per heavy atom. The number of piperazine rings is 1. The maximum atomic E-state index is 4.63. The van der Waals surface area contributed by atoms with Gasteiger partial charge in [0.25, 0.3) is 0 Å². The third-order valence-corrected chi connectivity index (χ3v) is 6.15. The molecule has 1 aliphatic heterocycles. The van der Waals surface area contributed by atoms with Gasteiger partial charge in [0.15, 0.2) is 0 Å². The number of nitrogens with zero attached hydrogens (tertiary/aromatic N) is 3. The minimum Gasteiger partial charge on any atom is -0.369 e. The lowest BCUT2D eigenvalue weighted by molar-refractivity contribution is 0.589. The van der Waals surface area contributed by atoms with Gasteiger partial charge in [0.05, 0.1) is 17.4 Å². The summed E-state index contributed by atoms with van der Waals surface area (Å²) in [6.45, 7) is 9.43.